The summed E-state index contributed by atoms with van der Waals surface area (Å²) in [5.41, 5.74) is 1.14. The van der Waals surface area contributed by atoms with E-state index in [0.717, 1.165) is 16.3 Å². The summed E-state index contributed by atoms with van der Waals surface area (Å²) >= 11 is 9.52. The van der Waals surface area contributed by atoms with E-state index in [0.29, 0.717) is 10.7 Å². The van der Waals surface area contributed by atoms with E-state index in [1.165, 1.54) is 0 Å². The molecule has 14 heavy (non-hydrogen) atoms. The van der Waals surface area contributed by atoms with Gasteiger partial charge in [0.1, 0.15) is 5.75 Å². The molecule has 1 aromatic carbocycles. The molecule has 2 unspecified atom stereocenters. The minimum atomic E-state index is 0.378. The third kappa shape index (κ3) is 2.64. The molecule has 0 aliphatic carbocycles. The second-order valence-corrected chi connectivity index (χ2v) is 5.23. The van der Waals surface area contributed by atoms with Crippen LogP contribution in [0, 0.1) is 0 Å². The van der Waals surface area contributed by atoms with Gasteiger partial charge in [0.15, 0.2) is 0 Å². The molecule has 3 heteroatoms. The van der Waals surface area contributed by atoms with Crippen molar-refractivity contribution in [1.29, 1.82) is 0 Å². The van der Waals surface area contributed by atoms with Crippen LogP contribution in [0.1, 0.15) is 25.3 Å². The number of ether oxygens (including phenoxy) is 1. The maximum Gasteiger partial charge on any atom is 0.122 e. The summed E-state index contributed by atoms with van der Waals surface area (Å²) in [5.74, 6) is 1.27. The van der Waals surface area contributed by atoms with E-state index in [-0.39, 0.29) is 0 Å². The maximum absolute atomic E-state index is 5.95. The van der Waals surface area contributed by atoms with Crippen LogP contribution in [-0.2, 0) is 0 Å². The fourth-order valence-electron chi connectivity index (χ4n) is 1.31. The molecule has 0 aliphatic heterocycles. The van der Waals surface area contributed by atoms with E-state index in [1.54, 1.807) is 7.11 Å². The van der Waals surface area contributed by atoms with Gasteiger partial charge in [0.05, 0.1) is 7.11 Å². The molecule has 0 aliphatic rings. The fraction of sp³-hybridized carbons (Fsp3) is 0.455. The van der Waals surface area contributed by atoms with Crippen LogP contribution in [0.2, 0.25) is 5.02 Å². The zero-order valence-electron chi connectivity index (χ0n) is 8.55. The Kier molecular flexibility index (Phi) is 4.27. The van der Waals surface area contributed by atoms with E-state index in [9.17, 15) is 0 Å². The summed E-state index contributed by atoms with van der Waals surface area (Å²) in [7, 11) is 1.68. The molecule has 1 rings (SSSR count). The third-order valence-corrected chi connectivity index (χ3v) is 3.40. The Morgan fingerprint density at radius 3 is 2.50 bits per heavy atom. The van der Waals surface area contributed by atoms with Gasteiger partial charge in [0.25, 0.3) is 0 Å². The first kappa shape index (κ1) is 11.9. The molecule has 78 valence electrons. The molecular formula is C11H14BrClO. The van der Waals surface area contributed by atoms with Gasteiger partial charge in [-0.3, -0.25) is 0 Å². The molecule has 0 N–H and O–H groups in total. The number of rotatable bonds is 3. The molecule has 0 bridgehead atoms. The lowest BCUT2D eigenvalue weighted by atomic mass is 9.98. The van der Waals surface area contributed by atoms with Crippen molar-refractivity contribution in [3.63, 3.8) is 0 Å². The van der Waals surface area contributed by atoms with Crippen LogP contribution in [0.15, 0.2) is 18.2 Å². The first-order chi connectivity index (χ1) is 6.56. The van der Waals surface area contributed by atoms with Crippen molar-refractivity contribution in [3.05, 3.63) is 28.8 Å². The zero-order chi connectivity index (χ0) is 10.7. The molecule has 0 aromatic heterocycles. The molecule has 0 saturated heterocycles. The van der Waals surface area contributed by atoms with Crippen LogP contribution in [0.25, 0.3) is 0 Å². The van der Waals surface area contributed by atoms with Gasteiger partial charge in [0, 0.05) is 9.85 Å². The summed E-state index contributed by atoms with van der Waals surface area (Å²) in [4.78, 5) is 0.398. The molecule has 0 fully saturated rings. The highest BCUT2D eigenvalue weighted by Crippen LogP contribution is 2.33. The maximum atomic E-state index is 5.95. The molecule has 0 amide bonds. The SMILES string of the molecule is COc1ccc(Cl)cc1C(C)C(C)Br. The monoisotopic (exact) mass is 276 g/mol. The van der Waals surface area contributed by atoms with Crippen LogP contribution in [-0.4, -0.2) is 11.9 Å². The van der Waals surface area contributed by atoms with Crippen LogP contribution < -0.4 is 4.74 Å². The van der Waals surface area contributed by atoms with Gasteiger partial charge >= 0.3 is 0 Å². The van der Waals surface area contributed by atoms with Gasteiger partial charge in [-0.05, 0) is 29.7 Å². The Bertz CT molecular complexity index is 312. The van der Waals surface area contributed by atoms with Gasteiger partial charge in [-0.1, -0.05) is 41.4 Å². The Hall–Kier alpha value is -0.210. The van der Waals surface area contributed by atoms with Gasteiger partial charge in [-0.15, -0.1) is 0 Å². The minimum absolute atomic E-state index is 0.378. The molecular weight excluding hydrogens is 263 g/mol. The lowest BCUT2D eigenvalue weighted by molar-refractivity contribution is 0.406. The molecule has 1 aromatic rings. The number of hydrogen-bond acceptors (Lipinski definition) is 1. The Balaban J connectivity index is 3.10. The van der Waals surface area contributed by atoms with E-state index < -0.39 is 0 Å². The normalized spacial score (nSPS) is 14.9. The molecule has 0 heterocycles. The van der Waals surface area contributed by atoms with Crippen molar-refractivity contribution in [1.82, 2.24) is 0 Å². The number of hydrogen-bond donors (Lipinski definition) is 0. The average Bonchev–Trinajstić information content (AvgIpc) is 2.16. The fourth-order valence-corrected chi connectivity index (χ4v) is 1.77. The van der Waals surface area contributed by atoms with Crippen molar-refractivity contribution in [2.45, 2.75) is 24.6 Å². The summed E-state index contributed by atoms with van der Waals surface area (Å²) in [6.07, 6.45) is 0. The molecule has 2 atom stereocenters. The number of methoxy groups -OCH3 is 1. The van der Waals surface area contributed by atoms with Gasteiger partial charge < -0.3 is 4.74 Å². The standard InChI is InChI=1S/C11H14BrClO/c1-7(8(2)12)10-6-9(13)4-5-11(10)14-3/h4-8H,1-3H3. The van der Waals surface area contributed by atoms with Crippen LogP contribution in [0.5, 0.6) is 5.75 Å². The first-order valence-electron chi connectivity index (χ1n) is 4.53. The second-order valence-electron chi connectivity index (χ2n) is 3.35. The molecule has 0 saturated carbocycles. The minimum Gasteiger partial charge on any atom is -0.496 e. The zero-order valence-corrected chi connectivity index (χ0v) is 10.9. The number of alkyl halides is 1. The van der Waals surface area contributed by atoms with Crippen molar-refractivity contribution in [2.24, 2.45) is 0 Å². The highest BCUT2D eigenvalue weighted by atomic mass is 79.9. The van der Waals surface area contributed by atoms with E-state index in [2.05, 4.69) is 29.8 Å². The first-order valence-corrected chi connectivity index (χ1v) is 5.83. The summed E-state index contributed by atoms with van der Waals surface area (Å²) in [6.45, 7) is 4.26. The van der Waals surface area contributed by atoms with Crippen molar-refractivity contribution in [2.75, 3.05) is 7.11 Å². The molecule has 0 spiro atoms. The van der Waals surface area contributed by atoms with Crippen LogP contribution >= 0.6 is 27.5 Å². The lowest BCUT2D eigenvalue weighted by Gasteiger charge is -2.18. The topological polar surface area (TPSA) is 9.23 Å². The van der Waals surface area contributed by atoms with Gasteiger partial charge in [-0.25, -0.2) is 0 Å². The van der Waals surface area contributed by atoms with Crippen LogP contribution in [0.4, 0.5) is 0 Å². The van der Waals surface area contributed by atoms with Crippen molar-refractivity contribution < 1.29 is 4.74 Å². The predicted molar refractivity (Wildman–Crippen MR) is 64.8 cm³/mol. The molecule has 1 nitrogen and oxygen atoms in total. The van der Waals surface area contributed by atoms with E-state index in [1.807, 2.05) is 18.2 Å². The smallest absolute Gasteiger partial charge is 0.122 e. The average molecular weight is 278 g/mol. The summed E-state index contributed by atoms with van der Waals surface area (Å²) in [5, 5.41) is 0.751. The Morgan fingerprint density at radius 1 is 1.36 bits per heavy atom. The lowest BCUT2D eigenvalue weighted by Crippen LogP contribution is -2.06. The number of benzene rings is 1. The summed E-state index contributed by atoms with van der Waals surface area (Å²) in [6, 6.07) is 5.71. The quantitative estimate of drug-likeness (QED) is 0.751. The van der Waals surface area contributed by atoms with Crippen LogP contribution in [0.3, 0.4) is 0 Å². The largest absolute Gasteiger partial charge is 0.496 e. The second kappa shape index (κ2) is 5.04. The van der Waals surface area contributed by atoms with Crippen molar-refractivity contribution >= 4 is 27.5 Å². The van der Waals surface area contributed by atoms with E-state index >= 15 is 0 Å². The highest BCUT2D eigenvalue weighted by Gasteiger charge is 2.16. The van der Waals surface area contributed by atoms with Gasteiger partial charge in [-0.2, -0.15) is 0 Å². The highest BCUT2D eigenvalue weighted by molar-refractivity contribution is 9.09. The van der Waals surface area contributed by atoms with E-state index in [4.69, 9.17) is 16.3 Å². The third-order valence-electron chi connectivity index (χ3n) is 2.37. The number of halogens is 2. The Labute approximate surface area is 98.5 Å². The molecule has 0 radical (unpaired) electrons. The van der Waals surface area contributed by atoms with Crippen molar-refractivity contribution in [3.8, 4) is 5.75 Å². The van der Waals surface area contributed by atoms with Gasteiger partial charge in [0.2, 0.25) is 0 Å². The Morgan fingerprint density at radius 2 is 2.00 bits per heavy atom. The predicted octanol–water partition coefficient (Wildman–Crippen LogP) is 4.24. The summed E-state index contributed by atoms with van der Waals surface area (Å²) < 4.78 is 5.29.